The molecule has 0 radical (unpaired) electrons. The zero-order valence-corrected chi connectivity index (χ0v) is 10.7. The summed E-state index contributed by atoms with van der Waals surface area (Å²) < 4.78 is 4.95. The van der Waals surface area contributed by atoms with Crippen LogP contribution in [0.2, 0.25) is 0 Å². The SMILES string of the molecule is CC(O)COC(C)CO.O=C(O)CCCC(=O)O. The second-order valence-corrected chi connectivity index (χ2v) is 3.82. The first kappa shape index (κ1) is 19.2. The smallest absolute Gasteiger partial charge is 0.303 e. The quantitative estimate of drug-likeness (QED) is 0.490. The van der Waals surface area contributed by atoms with Crippen molar-refractivity contribution in [3.63, 3.8) is 0 Å². The standard InChI is InChI=1S/C6H14O3.C5H8O4/c1-5(8)4-9-6(2)3-7;6-4(7)2-1-3-5(8)9/h5-8H,3-4H2,1-2H3;1-3H2,(H,6,7)(H,8,9). The van der Waals surface area contributed by atoms with Gasteiger partial charge in [0.25, 0.3) is 0 Å². The van der Waals surface area contributed by atoms with E-state index in [1.54, 1.807) is 13.8 Å². The average molecular weight is 266 g/mol. The Morgan fingerprint density at radius 1 is 1.11 bits per heavy atom. The molecule has 0 saturated carbocycles. The van der Waals surface area contributed by atoms with Crippen LogP contribution in [0, 0.1) is 0 Å². The molecule has 18 heavy (non-hydrogen) atoms. The van der Waals surface area contributed by atoms with Crippen molar-refractivity contribution in [1.29, 1.82) is 0 Å². The molecule has 0 aromatic rings. The number of carboxylic acids is 2. The summed E-state index contributed by atoms with van der Waals surface area (Å²) >= 11 is 0. The van der Waals surface area contributed by atoms with E-state index < -0.39 is 18.0 Å². The average Bonchev–Trinajstić information content (AvgIpc) is 2.25. The summed E-state index contributed by atoms with van der Waals surface area (Å²) in [6, 6.07) is 0. The highest BCUT2D eigenvalue weighted by molar-refractivity contribution is 5.69. The van der Waals surface area contributed by atoms with E-state index in [1.165, 1.54) is 0 Å². The summed E-state index contributed by atoms with van der Waals surface area (Å²) in [4.78, 5) is 19.6. The monoisotopic (exact) mass is 266 g/mol. The molecule has 0 saturated heterocycles. The molecule has 2 unspecified atom stereocenters. The third-order valence-electron chi connectivity index (χ3n) is 1.66. The summed E-state index contributed by atoms with van der Waals surface area (Å²) in [5.41, 5.74) is 0. The Balaban J connectivity index is 0. The highest BCUT2D eigenvalue weighted by Gasteiger charge is 2.01. The lowest BCUT2D eigenvalue weighted by molar-refractivity contribution is -0.138. The maximum Gasteiger partial charge on any atom is 0.303 e. The lowest BCUT2D eigenvalue weighted by Crippen LogP contribution is -2.19. The van der Waals surface area contributed by atoms with E-state index in [0.717, 1.165) is 0 Å². The highest BCUT2D eigenvalue weighted by atomic mass is 16.5. The fourth-order valence-corrected chi connectivity index (χ4v) is 0.747. The maximum absolute atomic E-state index is 9.79. The minimum Gasteiger partial charge on any atom is -0.481 e. The lowest BCUT2D eigenvalue weighted by atomic mass is 10.2. The zero-order chi connectivity index (χ0) is 14.6. The van der Waals surface area contributed by atoms with Gasteiger partial charge in [-0.15, -0.1) is 0 Å². The van der Waals surface area contributed by atoms with Crippen LogP contribution in [0.25, 0.3) is 0 Å². The molecule has 0 aromatic carbocycles. The molecular formula is C11H22O7. The van der Waals surface area contributed by atoms with Crippen LogP contribution in [0.4, 0.5) is 0 Å². The van der Waals surface area contributed by atoms with Crippen LogP contribution in [0.5, 0.6) is 0 Å². The Morgan fingerprint density at radius 3 is 1.83 bits per heavy atom. The minimum absolute atomic E-state index is 0.00667. The number of carboxylic acid groups (broad SMARTS) is 2. The van der Waals surface area contributed by atoms with Crippen molar-refractivity contribution < 1.29 is 34.8 Å². The second kappa shape index (κ2) is 12.3. The summed E-state index contributed by atoms with van der Waals surface area (Å²) in [7, 11) is 0. The van der Waals surface area contributed by atoms with E-state index in [1.807, 2.05) is 0 Å². The minimum atomic E-state index is -0.948. The van der Waals surface area contributed by atoms with Crippen LogP contribution < -0.4 is 0 Å². The summed E-state index contributed by atoms with van der Waals surface area (Å²) in [5.74, 6) is -1.90. The Bertz CT molecular complexity index is 213. The van der Waals surface area contributed by atoms with Gasteiger partial charge >= 0.3 is 11.9 Å². The molecular weight excluding hydrogens is 244 g/mol. The largest absolute Gasteiger partial charge is 0.481 e. The number of aliphatic carboxylic acids is 2. The molecule has 0 aliphatic carbocycles. The number of aliphatic hydroxyl groups is 2. The van der Waals surface area contributed by atoms with Gasteiger partial charge < -0.3 is 25.2 Å². The highest BCUT2D eigenvalue weighted by Crippen LogP contribution is 1.93. The second-order valence-electron chi connectivity index (χ2n) is 3.82. The van der Waals surface area contributed by atoms with E-state index in [-0.39, 0.29) is 32.0 Å². The first-order valence-electron chi connectivity index (χ1n) is 5.63. The molecule has 0 fully saturated rings. The summed E-state index contributed by atoms with van der Waals surface area (Å²) in [6.45, 7) is 3.70. The van der Waals surface area contributed by atoms with Gasteiger partial charge in [0.15, 0.2) is 0 Å². The van der Waals surface area contributed by atoms with E-state index >= 15 is 0 Å². The Kier molecular flexibility index (Phi) is 13.1. The van der Waals surface area contributed by atoms with Gasteiger partial charge in [-0.05, 0) is 20.3 Å². The van der Waals surface area contributed by atoms with Crippen LogP contribution >= 0.6 is 0 Å². The predicted molar refractivity (Wildman–Crippen MR) is 63.3 cm³/mol. The number of rotatable bonds is 8. The number of hydrogen-bond acceptors (Lipinski definition) is 5. The van der Waals surface area contributed by atoms with Crippen LogP contribution in [0.15, 0.2) is 0 Å². The van der Waals surface area contributed by atoms with Gasteiger partial charge in [0.1, 0.15) is 0 Å². The molecule has 0 aliphatic rings. The Morgan fingerprint density at radius 2 is 1.56 bits per heavy atom. The molecule has 0 rings (SSSR count). The molecule has 7 nitrogen and oxygen atoms in total. The van der Waals surface area contributed by atoms with Crippen LogP contribution in [0.3, 0.4) is 0 Å². The number of ether oxygens (including phenoxy) is 1. The van der Waals surface area contributed by atoms with Gasteiger partial charge in [0.05, 0.1) is 25.4 Å². The van der Waals surface area contributed by atoms with Crippen molar-refractivity contribution in [2.24, 2.45) is 0 Å². The molecule has 2 atom stereocenters. The number of carbonyl (C=O) groups is 2. The maximum atomic E-state index is 9.79. The zero-order valence-electron chi connectivity index (χ0n) is 10.7. The molecule has 0 bridgehead atoms. The topological polar surface area (TPSA) is 124 Å². The Labute approximate surface area is 106 Å². The van der Waals surface area contributed by atoms with Crippen molar-refractivity contribution in [1.82, 2.24) is 0 Å². The van der Waals surface area contributed by atoms with E-state index in [0.29, 0.717) is 6.61 Å². The van der Waals surface area contributed by atoms with E-state index in [2.05, 4.69) is 0 Å². The van der Waals surface area contributed by atoms with Crippen LogP contribution in [-0.4, -0.2) is 57.8 Å². The predicted octanol–water partition coefficient (Wildman–Crippen LogP) is 0.0905. The van der Waals surface area contributed by atoms with Crippen molar-refractivity contribution in [3.8, 4) is 0 Å². The van der Waals surface area contributed by atoms with Gasteiger partial charge in [0.2, 0.25) is 0 Å². The van der Waals surface area contributed by atoms with E-state index in [4.69, 9.17) is 25.2 Å². The first-order chi connectivity index (χ1) is 8.29. The van der Waals surface area contributed by atoms with Crippen LogP contribution in [-0.2, 0) is 14.3 Å². The Hall–Kier alpha value is -1.18. The fraction of sp³-hybridized carbons (Fsp3) is 0.818. The number of aliphatic hydroxyl groups excluding tert-OH is 2. The molecule has 0 aliphatic heterocycles. The number of hydrogen-bond donors (Lipinski definition) is 4. The molecule has 4 N–H and O–H groups in total. The third-order valence-corrected chi connectivity index (χ3v) is 1.66. The molecule has 0 aromatic heterocycles. The van der Waals surface area contributed by atoms with Crippen molar-refractivity contribution in [2.45, 2.75) is 45.3 Å². The normalized spacial score (nSPS) is 13.1. The van der Waals surface area contributed by atoms with Gasteiger partial charge in [-0.25, -0.2) is 0 Å². The first-order valence-corrected chi connectivity index (χ1v) is 5.63. The van der Waals surface area contributed by atoms with E-state index in [9.17, 15) is 9.59 Å². The summed E-state index contributed by atoms with van der Waals surface area (Å²) in [6.07, 6.45) is -0.526. The van der Waals surface area contributed by atoms with Gasteiger partial charge in [-0.1, -0.05) is 0 Å². The third kappa shape index (κ3) is 20.3. The molecule has 0 amide bonds. The van der Waals surface area contributed by atoms with Crippen molar-refractivity contribution >= 4 is 11.9 Å². The fourth-order valence-electron chi connectivity index (χ4n) is 0.747. The lowest BCUT2D eigenvalue weighted by Gasteiger charge is -2.10. The van der Waals surface area contributed by atoms with Gasteiger partial charge in [-0.2, -0.15) is 0 Å². The molecule has 0 spiro atoms. The van der Waals surface area contributed by atoms with Gasteiger partial charge in [0, 0.05) is 12.8 Å². The van der Waals surface area contributed by atoms with Crippen molar-refractivity contribution in [2.75, 3.05) is 13.2 Å². The molecule has 7 heteroatoms. The molecule has 0 heterocycles. The summed E-state index contributed by atoms with van der Waals surface area (Å²) in [5, 5.41) is 33.2. The molecule has 108 valence electrons. The van der Waals surface area contributed by atoms with Crippen LogP contribution in [0.1, 0.15) is 33.1 Å². The van der Waals surface area contributed by atoms with Gasteiger partial charge in [-0.3, -0.25) is 9.59 Å². The van der Waals surface area contributed by atoms with Crippen molar-refractivity contribution in [3.05, 3.63) is 0 Å².